The van der Waals surface area contributed by atoms with Gasteiger partial charge in [-0.1, -0.05) is 15.9 Å². The van der Waals surface area contributed by atoms with Crippen LogP contribution in [0.1, 0.15) is 17.2 Å². The summed E-state index contributed by atoms with van der Waals surface area (Å²) in [5.41, 5.74) is 7.41. The number of alkyl halides is 3. The average Bonchev–Trinajstić information content (AvgIpc) is 2.77. The highest BCUT2D eigenvalue weighted by Gasteiger charge is 2.31. The Balaban J connectivity index is 2.31. The summed E-state index contributed by atoms with van der Waals surface area (Å²) in [5, 5.41) is 3.72. The van der Waals surface area contributed by atoms with Gasteiger partial charge in [-0.2, -0.15) is 11.3 Å². The van der Waals surface area contributed by atoms with Gasteiger partial charge in [-0.05, 0) is 46.2 Å². The van der Waals surface area contributed by atoms with Gasteiger partial charge in [0.15, 0.2) is 0 Å². The highest BCUT2D eigenvalue weighted by Crippen LogP contribution is 2.31. The third kappa shape index (κ3) is 3.95. The van der Waals surface area contributed by atoms with E-state index in [1.165, 1.54) is 23.5 Å². The highest BCUT2D eigenvalue weighted by molar-refractivity contribution is 9.10. The lowest BCUT2D eigenvalue weighted by molar-refractivity contribution is -0.274. The molecule has 2 N–H and O–H groups in total. The van der Waals surface area contributed by atoms with Crippen LogP contribution in [0.25, 0.3) is 0 Å². The largest absolute Gasteiger partial charge is 0.573 e. The fourth-order valence-corrected chi connectivity index (χ4v) is 2.79. The molecule has 19 heavy (non-hydrogen) atoms. The number of hydrogen-bond acceptors (Lipinski definition) is 3. The molecule has 0 aliphatic heterocycles. The number of nitrogens with two attached hydrogens (primary N) is 1. The molecule has 0 amide bonds. The molecule has 0 saturated carbocycles. The molecule has 7 heteroatoms. The quantitative estimate of drug-likeness (QED) is 0.885. The molecule has 2 nitrogen and oxygen atoms in total. The van der Waals surface area contributed by atoms with Crippen LogP contribution in [0.15, 0.2) is 39.5 Å². The lowest BCUT2D eigenvalue weighted by Gasteiger charge is -2.14. The second-order valence-corrected chi connectivity index (χ2v) is 5.50. The molecule has 0 spiro atoms. The molecule has 1 aromatic carbocycles. The summed E-state index contributed by atoms with van der Waals surface area (Å²) < 4.78 is 41.0. The predicted molar refractivity (Wildman–Crippen MR) is 71.2 cm³/mol. The van der Waals surface area contributed by atoms with E-state index in [1.807, 2.05) is 16.8 Å². The number of ether oxygens (including phenoxy) is 1. The van der Waals surface area contributed by atoms with Crippen molar-refractivity contribution in [1.82, 2.24) is 0 Å². The highest BCUT2D eigenvalue weighted by atomic mass is 79.9. The summed E-state index contributed by atoms with van der Waals surface area (Å²) in [6, 6.07) is 5.56. The first-order valence-corrected chi connectivity index (χ1v) is 6.92. The Morgan fingerprint density at radius 1 is 1.21 bits per heavy atom. The number of halogens is 4. The summed E-state index contributed by atoms with van der Waals surface area (Å²) in [6.45, 7) is 0. The third-order valence-corrected chi connectivity index (χ3v) is 3.55. The van der Waals surface area contributed by atoms with Gasteiger partial charge in [0, 0.05) is 4.47 Å². The van der Waals surface area contributed by atoms with E-state index in [1.54, 1.807) is 6.07 Å². The molecule has 0 saturated heterocycles. The molecule has 102 valence electrons. The molecule has 0 bridgehead atoms. The van der Waals surface area contributed by atoms with E-state index >= 15 is 0 Å². The molecule has 0 unspecified atom stereocenters. The maximum Gasteiger partial charge on any atom is 0.573 e. The summed E-state index contributed by atoms with van der Waals surface area (Å²) >= 11 is 4.63. The second-order valence-electron chi connectivity index (χ2n) is 3.80. The van der Waals surface area contributed by atoms with Crippen molar-refractivity contribution in [2.45, 2.75) is 12.4 Å². The minimum Gasteiger partial charge on any atom is -0.406 e. The van der Waals surface area contributed by atoms with E-state index in [0.717, 1.165) is 5.56 Å². The van der Waals surface area contributed by atoms with E-state index in [2.05, 4.69) is 20.7 Å². The van der Waals surface area contributed by atoms with Crippen molar-refractivity contribution in [3.63, 3.8) is 0 Å². The second kappa shape index (κ2) is 5.52. The Morgan fingerprint density at radius 3 is 2.53 bits per heavy atom. The maximum absolute atomic E-state index is 12.2. The van der Waals surface area contributed by atoms with Gasteiger partial charge in [0.25, 0.3) is 0 Å². The van der Waals surface area contributed by atoms with Crippen LogP contribution < -0.4 is 10.5 Å². The summed E-state index contributed by atoms with van der Waals surface area (Å²) in [7, 11) is 0. The summed E-state index contributed by atoms with van der Waals surface area (Å²) in [5.74, 6) is -0.289. The van der Waals surface area contributed by atoms with Crippen molar-refractivity contribution in [1.29, 1.82) is 0 Å². The SMILES string of the molecule is N[C@@H](c1ccsc1)c1cc(Br)cc(OC(F)(F)F)c1. The van der Waals surface area contributed by atoms with Crippen molar-refractivity contribution >= 4 is 27.3 Å². The zero-order valence-corrected chi connectivity index (χ0v) is 11.8. The summed E-state index contributed by atoms with van der Waals surface area (Å²) in [4.78, 5) is 0. The van der Waals surface area contributed by atoms with Crippen LogP contribution in [0.5, 0.6) is 5.75 Å². The van der Waals surface area contributed by atoms with Crippen LogP contribution in [0.2, 0.25) is 0 Å². The van der Waals surface area contributed by atoms with E-state index in [0.29, 0.717) is 10.0 Å². The van der Waals surface area contributed by atoms with Crippen LogP contribution in [-0.4, -0.2) is 6.36 Å². The van der Waals surface area contributed by atoms with Crippen LogP contribution >= 0.6 is 27.3 Å². The molecule has 0 fully saturated rings. The first kappa shape index (κ1) is 14.4. The van der Waals surface area contributed by atoms with Crippen molar-refractivity contribution in [2.75, 3.05) is 0 Å². The Kier molecular flexibility index (Phi) is 4.17. The van der Waals surface area contributed by atoms with Gasteiger partial charge >= 0.3 is 6.36 Å². The zero-order valence-electron chi connectivity index (χ0n) is 9.45. The number of thiophene rings is 1. The molecule has 0 aliphatic carbocycles. The molecule has 2 aromatic rings. The Labute approximate surface area is 120 Å². The van der Waals surface area contributed by atoms with Gasteiger partial charge in [0.2, 0.25) is 0 Å². The lowest BCUT2D eigenvalue weighted by atomic mass is 10.0. The van der Waals surface area contributed by atoms with Crippen LogP contribution in [0, 0.1) is 0 Å². The predicted octanol–water partition coefficient (Wildman–Crippen LogP) is 4.46. The minimum absolute atomic E-state index is 0.289. The van der Waals surface area contributed by atoms with E-state index < -0.39 is 12.4 Å². The molecule has 1 aromatic heterocycles. The summed E-state index contributed by atoms with van der Waals surface area (Å²) in [6.07, 6.45) is -4.72. The first-order chi connectivity index (χ1) is 8.85. The van der Waals surface area contributed by atoms with Crippen LogP contribution in [0.3, 0.4) is 0 Å². The monoisotopic (exact) mass is 351 g/mol. The van der Waals surface area contributed by atoms with Crippen LogP contribution in [-0.2, 0) is 0 Å². The normalized spacial score (nSPS) is 13.3. The van der Waals surface area contributed by atoms with E-state index in [4.69, 9.17) is 5.73 Å². The van der Waals surface area contributed by atoms with Crippen molar-refractivity contribution in [3.8, 4) is 5.75 Å². The number of rotatable bonds is 3. The lowest BCUT2D eigenvalue weighted by Crippen LogP contribution is -2.18. The molecular weight excluding hydrogens is 343 g/mol. The van der Waals surface area contributed by atoms with Crippen molar-refractivity contribution < 1.29 is 17.9 Å². The van der Waals surface area contributed by atoms with Crippen molar-refractivity contribution in [3.05, 3.63) is 50.6 Å². The number of hydrogen-bond donors (Lipinski definition) is 1. The Bertz CT molecular complexity index is 557. The topological polar surface area (TPSA) is 35.2 Å². The van der Waals surface area contributed by atoms with Gasteiger partial charge in [-0.15, -0.1) is 13.2 Å². The molecule has 1 atom stereocenters. The fraction of sp³-hybridized carbons (Fsp3) is 0.167. The third-order valence-electron chi connectivity index (χ3n) is 2.39. The molecule has 0 radical (unpaired) electrons. The zero-order chi connectivity index (χ0) is 14.0. The van der Waals surface area contributed by atoms with E-state index in [-0.39, 0.29) is 5.75 Å². The molecule has 2 rings (SSSR count). The van der Waals surface area contributed by atoms with E-state index in [9.17, 15) is 13.2 Å². The molecular formula is C12H9BrF3NOS. The average molecular weight is 352 g/mol. The standard InChI is InChI=1S/C12H9BrF3NOS/c13-9-3-8(11(17)7-1-2-19-6-7)4-10(5-9)18-12(14,15)16/h1-6,11H,17H2/t11-/m0/s1. The Morgan fingerprint density at radius 2 is 1.95 bits per heavy atom. The fourth-order valence-electron chi connectivity index (χ4n) is 1.60. The Hall–Kier alpha value is -1.05. The van der Waals surface area contributed by atoms with Gasteiger partial charge in [0.1, 0.15) is 5.75 Å². The maximum atomic E-state index is 12.2. The first-order valence-electron chi connectivity index (χ1n) is 5.19. The van der Waals surface area contributed by atoms with Gasteiger partial charge < -0.3 is 10.5 Å². The van der Waals surface area contributed by atoms with Gasteiger partial charge in [-0.25, -0.2) is 0 Å². The van der Waals surface area contributed by atoms with Crippen molar-refractivity contribution in [2.24, 2.45) is 5.73 Å². The molecule has 1 heterocycles. The smallest absolute Gasteiger partial charge is 0.406 e. The number of benzene rings is 1. The van der Waals surface area contributed by atoms with Crippen LogP contribution in [0.4, 0.5) is 13.2 Å². The molecule has 0 aliphatic rings. The van der Waals surface area contributed by atoms with Gasteiger partial charge in [-0.3, -0.25) is 0 Å². The minimum atomic E-state index is -4.72. The van der Waals surface area contributed by atoms with Gasteiger partial charge in [0.05, 0.1) is 6.04 Å².